The van der Waals surface area contributed by atoms with E-state index in [0.29, 0.717) is 0 Å². The van der Waals surface area contributed by atoms with E-state index in [4.69, 9.17) is 5.11 Å². The van der Waals surface area contributed by atoms with Crippen LogP contribution in [0.15, 0.2) is 18.2 Å². The van der Waals surface area contributed by atoms with E-state index >= 15 is 0 Å². The summed E-state index contributed by atoms with van der Waals surface area (Å²) in [6, 6.07) is 1.93. The second kappa shape index (κ2) is 5.48. The van der Waals surface area contributed by atoms with Gasteiger partial charge in [-0.2, -0.15) is 0 Å². The van der Waals surface area contributed by atoms with Gasteiger partial charge in [-0.1, -0.05) is 6.92 Å². The number of rotatable bonds is 4. The van der Waals surface area contributed by atoms with Crippen LogP contribution in [0.4, 0.5) is 4.39 Å². The molecule has 0 bridgehead atoms. The molecule has 98 valence electrons. The number of carboxylic acids is 1. The molecular formula is C12H14FNO4. The number of aromatic hydroxyl groups is 1. The maximum absolute atomic E-state index is 13.0. The van der Waals surface area contributed by atoms with Crippen molar-refractivity contribution in [3.63, 3.8) is 0 Å². The molecule has 1 unspecified atom stereocenters. The lowest BCUT2D eigenvalue weighted by molar-refractivity contribution is -0.142. The lowest BCUT2D eigenvalue weighted by Gasteiger charge is -2.24. The molecule has 0 radical (unpaired) electrons. The summed E-state index contributed by atoms with van der Waals surface area (Å²) < 4.78 is 13.0. The smallest absolute Gasteiger partial charge is 0.326 e. The van der Waals surface area contributed by atoms with Gasteiger partial charge in [-0.25, -0.2) is 9.18 Å². The van der Waals surface area contributed by atoms with Crippen molar-refractivity contribution < 1.29 is 24.2 Å². The van der Waals surface area contributed by atoms with Gasteiger partial charge in [-0.3, -0.25) is 4.79 Å². The molecule has 0 aliphatic rings. The van der Waals surface area contributed by atoms with Crippen molar-refractivity contribution in [1.29, 1.82) is 0 Å². The zero-order valence-electron chi connectivity index (χ0n) is 10.1. The van der Waals surface area contributed by atoms with Gasteiger partial charge in [0.1, 0.15) is 17.6 Å². The molecule has 18 heavy (non-hydrogen) atoms. The van der Waals surface area contributed by atoms with Crippen LogP contribution in [0.1, 0.15) is 23.7 Å². The third-order valence-electron chi connectivity index (χ3n) is 2.65. The number of hydrogen-bond donors (Lipinski definition) is 2. The summed E-state index contributed by atoms with van der Waals surface area (Å²) in [6.45, 7) is 1.62. The number of likely N-dealkylation sites (N-methyl/N-ethyl adjacent to an activating group) is 1. The minimum absolute atomic E-state index is 0.216. The van der Waals surface area contributed by atoms with E-state index in [0.717, 1.165) is 23.1 Å². The zero-order valence-corrected chi connectivity index (χ0v) is 10.1. The molecule has 1 aromatic carbocycles. The lowest BCUT2D eigenvalue weighted by atomic mass is 10.1. The van der Waals surface area contributed by atoms with Crippen LogP contribution in [0, 0.1) is 5.82 Å². The number of carbonyl (C=O) groups is 2. The quantitative estimate of drug-likeness (QED) is 0.854. The van der Waals surface area contributed by atoms with E-state index in [1.807, 2.05) is 0 Å². The molecule has 5 nitrogen and oxygen atoms in total. The average Bonchev–Trinajstić information content (AvgIpc) is 2.31. The second-order valence-corrected chi connectivity index (χ2v) is 3.84. The molecule has 1 aromatic rings. The maximum atomic E-state index is 13.0. The molecule has 1 amide bonds. The van der Waals surface area contributed by atoms with Crippen molar-refractivity contribution in [3.05, 3.63) is 29.6 Å². The van der Waals surface area contributed by atoms with Gasteiger partial charge >= 0.3 is 5.97 Å². The zero-order chi connectivity index (χ0) is 13.9. The molecule has 1 rings (SSSR count). The second-order valence-electron chi connectivity index (χ2n) is 3.84. The Morgan fingerprint density at radius 2 is 2.06 bits per heavy atom. The summed E-state index contributed by atoms with van der Waals surface area (Å²) in [5.41, 5.74) is -0.253. The van der Waals surface area contributed by atoms with Gasteiger partial charge in [-0.15, -0.1) is 0 Å². The third-order valence-corrected chi connectivity index (χ3v) is 2.65. The van der Waals surface area contributed by atoms with Crippen molar-refractivity contribution in [2.24, 2.45) is 0 Å². The van der Waals surface area contributed by atoms with Crippen molar-refractivity contribution >= 4 is 11.9 Å². The molecule has 0 fully saturated rings. The summed E-state index contributed by atoms with van der Waals surface area (Å²) in [6.07, 6.45) is 0.216. The predicted octanol–water partition coefficient (Wildman–Crippen LogP) is 1.47. The molecule has 6 heteroatoms. The van der Waals surface area contributed by atoms with Gasteiger partial charge in [0.25, 0.3) is 5.91 Å². The van der Waals surface area contributed by atoms with E-state index in [-0.39, 0.29) is 17.7 Å². The highest BCUT2D eigenvalue weighted by Gasteiger charge is 2.27. The van der Waals surface area contributed by atoms with Crippen LogP contribution in [0.25, 0.3) is 0 Å². The van der Waals surface area contributed by atoms with E-state index in [2.05, 4.69) is 0 Å². The molecule has 0 aromatic heterocycles. The average molecular weight is 255 g/mol. The first-order chi connectivity index (χ1) is 8.38. The Labute approximate surface area is 103 Å². The number of benzene rings is 1. The van der Waals surface area contributed by atoms with Crippen molar-refractivity contribution in [3.8, 4) is 5.75 Å². The van der Waals surface area contributed by atoms with Crippen LogP contribution in [0.3, 0.4) is 0 Å². The first-order valence-corrected chi connectivity index (χ1v) is 5.37. The molecule has 0 aliphatic heterocycles. The summed E-state index contributed by atoms with van der Waals surface area (Å²) in [4.78, 5) is 23.9. The highest BCUT2D eigenvalue weighted by molar-refractivity contribution is 5.98. The van der Waals surface area contributed by atoms with Crippen molar-refractivity contribution in [2.75, 3.05) is 7.05 Å². The Bertz CT molecular complexity index is 475. The Hall–Kier alpha value is -2.11. The van der Waals surface area contributed by atoms with Crippen LogP contribution < -0.4 is 0 Å². The summed E-state index contributed by atoms with van der Waals surface area (Å²) in [5.74, 6) is -2.94. The van der Waals surface area contributed by atoms with Crippen LogP contribution in [0.5, 0.6) is 5.75 Å². The maximum Gasteiger partial charge on any atom is 0.326 e. The Morgan fingerprint density at radius 3 is 2.56 bits per heavy atom. The van der Waals surface area contributed by atoms with Crippen LogP contribution in [0.2, 0.25) is 0 Å². The standard InChI is InChI=1S/C12H14FNO4/c1-3-9(12(17)18)14(2)11(16)8-6-7(13)4-5-10(8)15/h4-6,9,15H,3H2,1-2H3,(H,17,18). The van der Waals surface area contributed by atoms with E-state index in [9.17, 15) is 19.1 Å². The first-order valence-electron chi connectivity index (χ1n) is 5.37. The van der Waals surface area contributed by atoms with Crippen LogP contribution in [-0.4, -0.2) is 40.1 Å². The number of aliphatic carboxylic acids is 1. The monoisotopic (exact) mass is 255 g/mol. The van der Waals surface area contributed by atoms with E-state index in [1.54, 1.807) is 6.92 Å². The fraction of sp³-hybridized carbons (Fsp3) is 0.333. The molecule has 2 N–H and O–H groups in total. The molecule has 1 atom stereocenters. The number of amides is 1. The van der Waals surface area contributed by atoms with Gasteiger partial charge in [-0.05, 0) is 24.6 Å². The highest BCUT2D eigenvalue weighted by atomic mass is 19.1. The van der Waals surface area contributed by atoms with E-state index < -0.39 is 23.7 Å². The van der Waals surface area contributed by atoms with Gasteiger partial charge in [0, 0.05) is 7.05 Å². The molecule has 0 aliphatic carbocycles. The first kappa shape index (κ1) is 14.0. The van der Waals surface area contributed by atoms with Crippen LogP contribution in [-0.2, 0) is 4.79 Å². The largest absolute Gasteiger partial charge is 0.507 e. The minimum Gasteiger partial charge on any atom is -0.507 e. The highest BCUT2D eigenvalue weighted by Crippen LogP contribution is 2.20. The van der Waals surface area contributed by atoms with Gasteiger partial charge in [0.15, 0.2) is 0 Å². The normalized spacial score (nSPS) is 11.9. The van der Waals surface area contributed by atoms with Crippen molar-refractivity contribution in [2.45, 2.75) is 19.4 Å². The van der Waals surface area contributed by atoms with Crippen LogP contribution >= 0.6 is 0 Å². The number of phenolic OH excluding ortho intramolecular Hbond substituents is 1. The fourth-order valence-corrected chi connectivity index (χ4v) is 1.63. The number of phenols is 1. The lowest BCUT2D eigenvalue weighted by Crippen LogP contribution is -2.42. The number of carbonyl (C=O) groups excluding carboxylic acids is 1. The van der Waals surface area contributed by atoms with Gasteiger partial charge in [0.2, 0.25) is 0 Å². The SMILES string of the molecule is CCC(C(=O)O)N(C)C(=O)c1cc(F)ccc1O. The summed E-state index contributed by atoms with van der Waals surface area (Å²) in [5, 5.41) is 18.4. The predicted molar refractivity (Wildman–Crippen MR) is 61.9 cm³/mol. The Kier molecular flexibility index (Phi) is 4.25. The number of hydrogen-bond acceptors (Lipinski definition) is 3. The Morgan fingerprint density at radius 1 is 1.44 bits per heavy atom. The topological polar surface area (TPSA) is 77.8 Å². The molecular weight excluding hydrogens is 241 g/mol. The fourth-order valence-electron chi connectivity index (χ4n) is 1.63. The molecule has 0 heterocycles. The number of nitrogens with zero attached hydrogens (tertiary/aromatic N) is 1. The Balaban J connectivity index is 3.06. The molecule has 0 saturated carbocycles. The van der Waals surface area contributed by atoms with Gasteiger partial charge in [0.05, 0.1) is 5.56 Å². The third kappa shape index (κ3) is 2.77. The minimum atomic E-state index is -1.15. The van der Waals surface area contributed by atoms with Gasteiger partial charge < -0.3 is 15.1 Å². The van der Waals surface area contributed by atoms with E-state index in [1.165, 1.54) is 7.05 Å². The van der Waals surface area contributed by atoms with Crippen molar-refractivity contribution in [1.82, 2.24) is 4.90 Å². The molecule has 0 saturated heterocycles. The number of carboxylic acid groups (broad SMARTS) is 1. The summed E-state index contributed by atoms with van der Waals surface area (Å²) in [7, 11) is 1.30. The summed E-state index contributed by atoms with van der Waals surface area (Å²) >= 11 is 0. The molecule has 0 spiro atoms. The number of halogens is 1.